The molecule has 2 aromatic carbocycles. The fourth-order valence-corrected chi connectivity index (χ4v) is 3.89. The third-order valence-corrected chi connectivity index (χ3v) is 5.44. The summed E-state index contributed by atoms with van der Waals surface area (Å²) in [7, 11) is -2.11. The molecule has 0 aliphatic carbocycles. The molecule has 0 aliphatic heterocycles. The predicted octanol–water partition coefficient (Wildman–Crippen LogP) is 3.57. The standard InChI is InChI=1S/C19H19N3O3S/c1-13-4-10-18(14(2)12-13)26(23,24)22-16-7-5-15(6-8-16)17-9-11-19(25-3)21-20-17/h4-12,22H,1-3H3. The highest BCUT2D eigenvalue weighted by Crippen LogP contribution is 2.23. The lowest BCUT2D eigenvalue weighted by molar-refractivity contribution is 0.392. The molecule has 1 N–H and O–H groups in total. The lowest BCUT2D eigenvalue weighted by atomic mass is 10.1. The Morgan fingerprint density at radius 1 is 0.923 bits per heavy atom. The van der Waals surface area contributed by atoms with E-state index in [0.29, 0.717) is 22.8 Å². The fourth-order valence-electron chi connectivity index (χ4n) is 2.60. The van der Waals surface area contributed by atoms with Crippen LogP contribution in [0.3, 0.4) is 0 Å². The number of aromatic nitrogens is 2. The molecule has 6 nitrogen and oxygen atoms in total. The van der Waals surface area contributed by atoms with Crippen molar-refractivity contribution in [1.82, 2.24) is 10.2 Å². The number of sulfonamides is 1. The zero-order valence-corrected chi connectivity index (χ0v) is 15.5. The van der Waals surface area contributed by atoms with E-state index in [4.69, 9.17) is 4.74 Å². The van der Waals surface area contributed by atoms with E-state index < -0.39 is 10.0 Å². The molecule has 3 aromatic rings. The van der Waals surface area contributed by atoms with Crippen LogP contribution in [0, 0.1) is 13.8 Å². The highest BCUT2D eigenvalue weighted by molar-refractivity contribution is 7.92. The van der Waals surface area contributed by atoms with Crippen molar-refractivity contribution in [3.05, 3.63) is 65.7 Å². The highest BCUT2D eigenvalue weighted by atomic mass is 32.2. The second kappa shape index (κ2) is 7.13. The zero-order valence-electron chi connectivity index (χ0n) is 14.7. The van der Waals surface area contributed by atoms with Gasteiger partial charge in [-0.3, -0.25) is 4.72 Å². The molecule has 0 radical (unpaired) electrons. The summed E-state index contributed by atoms with van der Waals surface area (Å²) >= 11 is 0. The van der Waals surface area contributed by atoms with Crippen molar-refractivity contribution in [2.24, 2.45) is 0 Å². The number of hydrogen-bond acceptors (Lipinski definition) is 5. The van der Waals surface area contributed by atoms with Crippen molar-refractivity contribution in [1.29, 1.82) is 0 Å². The molecular formula is C19H19N3O3S. The average molecular weight is 369 g/mol. The van der Waals surface area contributed by atoms with Crippen molar-refractivity contribution in [2.75, 3.05) is 11.8 Å². The second-order valence-corrected chi connectivity index (χ2v) is 7.56. The molecule has 1 aromatic heterocycles. The molecule has 134 valence electrons. The Hall–Kier alpha value is -2.93. The minimum Gasteiger partial charge on any atom is -0.480 e. The summed E-state index contributed by atoms with van der Waals surface area (Å²) in [5.74, 6) is 0.437. The van der Waals surface area contributed by atoms with Crippen LogP contribution < -0.4 is 9.46 Å². The van der Waals surface area contributed by atoms with Gasteiger partial charge in [0.2, 0.25) is 5.88 Å². The van der Waals surface area contributed by atoms with Crippen molar-refractivity contribution < 1.29 is 13.2 Å². The number of methoxy groups -OCH3 is 1. The van der Waals surface area contributed by atoms with E-state index >= 15 is 0 Å². The summed E-state index contributed by atoms with van der Waals surface area (Å²) in [6, 6.07) is 15.7. The number of hydrogen-bond donors (Lipinski definition) is 1. The zero-order chi connectivity index (χ0) is 18.7. The number of nitrogens with one attached hydrogen (secondary N) is 1. The van der Waals surface area contributed by atoms with Crippen LogP contribution in [0.1, 0.15) is 11.1 Å². The van der Waals surface area contributed by atoms with Crippen LogP contribution in [0.2, 0.25) is 0 Å². The van der Waals surface area contributed by atoms with Crippen LogP contribution in [-0.4, -0.2) is 25.7 Å². The Bertz CT molecular complexity index is 1010. The van der Waals surface area contributed by atoms with Gasteiger partial charge in [-0.2, -0.15) is 0 Å². The SMILES string of the molecule is COc1ccc(-c2ccc(NS(=O)(=O)c3ccc(C)cc3C)cc2)nn1. The van der Waals surface area contributed by atoms with E-state index in [9.17, 15) is 8.42 Å². The van der Waals surface area contributed by atoms with E-state index in [1.807, 2.05) is 13.0 Å². The van der Waals surface area contributed by atoms with Gasteiger partial charge in [-0.15, -0.1) is 10.2 Å². The normalized spacial score (nSPS) is 11.2. The molecule has 0 saturated carbocycles. The Labute approximate surface area is 152 Å². The first-order valence-corrected chi connectivity index (χ1v) is 9.45. The van der Waals surface area contributed by atoms with Crippen LogP contribution in [0.15, 0.2) is 59.5 Å². The summed E-state index contributed by atoms with van der Waals surface area (Å²) in [6.45, 7) is 3.71. The van der Waals surface area contributed by atoms with Gasteiger partial charge in [-0.25, -0.2) is 8.42 Å². The molecule has 0 aliphatic rings. The van der Waals surface area contributed by atoms with Gasteiger partial charge in [0.1, 0.15) is 0 Å². The third kappa shape index (κ3) is 3.83. The Balaban J connectivity index is 1.82. The first-order chi connectivity index (χ1) is 12.4. The lowest BCUT2D eigenvalue weighted by Crippen LogP contribution is -2.14. The topological polar surface area (TPSA) is 81.2 Å². The molecule has 26 heavy (non-hydrogen) atoms. The summed E-state index contributed by atoms with van der Waals surface area (Å²) in [6.07, 6.45) is 0. The summed E-state index contributed by atoms with van der Waals surface area (Å²) in [5.41, 5.74) is 3.72. The number of nitrogens with zero attached hydrogens (tertiary/aromatic N) is 2. The summed E-state index contributed by atoms with van der Waals surface area (Å²) in [4.78, 5) is 0.271. The number of aryl methyl sites for hydroxylation is 2. The van der Waals surface area contributed by atoms with E-state index in [2.05, 4.69) is 14.9 Å². The van der Waals surface area contributed by atoms with Gasteiger partial charge in [0, 0.05) is 17.3 Å². The maximum absolute atomic E-state index is 12.6. The minimum absolute atomic E-state index is 0.271. The second-order valence-electron chi connectivity index (χ2n) is 5.91. The molecule has 0 fully saturated rings. The summed E-state index contributed by atoms with van der Waals surface area (Å²) in [5, 5.41) is 8.01. The molecular weight excluding hydrogens is 350 g/mol. The molecule has 0 spiro atoms. The van der Waals surface area contributed by atoms with Crippen LogP contribution >= 0.6 is 0 Å². The quantitative estimate of drug-likeness (QED) is 0.743. The van der Waals surface area contributed by atoms with Crippen LogP contribution in [0.4, 0.5) is 5.69 Å². The molecule has 3 rings (SSSR count). The van der Waals surface area contributed by atoms with Crippen LogP contribution in [-0.2, 0) is 10.0 Å². The van der Waals surface area contributed by atoms with Crippen LogP contribution in [0.25, 0.3) is 11.3 Å². The number of anilines is 1. The van der Waals surface area contributed by atoms with Crippen molar-refractivity contribution in [3.8, 4) is 17.1 Å². The number of ether oxygens (including phenoxy) is 1. The predicted molar refractivity (Wildman–Crippen MR) is 101 cm³/mol. The van der Waals surface area contributed by atoms with E-state index in [0.717, 1.165) is 11.1 Å². The fraction of sp³-hybridized carbons (Fsp3) is 0.158. The lowest BCUT2D eigenvalue weighted by Gasteiger charge is -2.11. The van der Waals surface area contributed by atoms with Gasteiger partial charge >= 0.3 is 0 Å². The van der Waals surface area contributed by atoms with Gasteiger partial charge in [0.15, 0.2) is 0 Å². The van der Waals surface area contributed by atoms with Gasteiger partial charge in [-0.05, 0) is 43.7 Å². The van der Waals surface area contributed by atoms with Crippen molar-refractivity contribution in [2.45, 2.75) is 18.7 Å². The monoisotopic (exact) mass is 369 g/mol. The molecule has 0 amide bonds. The van der Waals surface area contributed by atoms with Crippen molar-refractivity contribution in [3.63, 3.8) is 0 Å². The van der Waals surface area contributed by atoms with Gasteiger partial charge in [0.25, 0.3) is 10.0 Å². The summed E-state index contributed by atoms with van der Waals surface area (Å²) < 4.78 is 32.8. The van der Waals surface area contributed by atoms with Crippen LogP contribution in [0.5, 0.6) is 5.88 Å². The van der Waals surface area contributed by atoms with E-state index in [1.54, 1.807) is 55.5 Å². The Kier molecular flexibility index (Phi) is 4.90. The molecule has 7 heteroatoms. The third-order valence-electron chi connectivity index (χ3n) is 3.90. The number of rotatable bonds is 5. The molecule has 1 heterocycles. The maximum atomic E-state index is 12.6. The smallest absolute Gasteiger partial charge is 0.262 e. The molecule has 0 unspecified atom stereocenters. The first kappa shape index (κ1) is 17.9. The van der Waals surface area contributed by atoms with Crippen molar-refractivity contribution >= 4 is 15.7 Å². The maximum Gasteiger partial charge on any atom is 0.262 e. The van der Waals surface area contributed by atoms with Gasteiger partial charge < -0.3 is 4.74 Å². The number of benzene rings is 2. The van der Waals surface area contributed by atoms with E-state index in [-0.39, 0.29) is 4.90 Å². The Morgan fingerprint density at radius 2 is 1.65 bits per heavy atom. The largest absolute Gasteiger partial charge is 0.480 e. The minimum atomic E-state index is -3.64. The van der Waals surface area contributed by atoms with E-state index in [1.165, 1.54) is 7.11 Å². The van der Waals surface area contributed by atoms with Gasteiger partial charge in [-0.1, -0.05) is 29.8 Å². The molecule has 0 bridgehead atoms. The first-order valence-electron chi connectivity index (χ1n) is 7.97. The molecule has 0 saturated heterocycles. The highest BCUT2D eigenvalue weighted by Gasteiger charge is 2.17. The van der Waals surface area contributed by atoms with Gasteiger partial charge in [0.05, 0.1) is 17.7 Å². The molecule has 0 atom stereocenters. The Morgan fingerprint density at radius 3 is 2.23 bits per heavy atom. The average Bonchev–Trinajstić information content (AvgIpc) is 2.62.